The molecule has 4 nitrogen and oxygen atoms in total. The van der Waals surface area contributed by atoms with E-state index in [4.69, 9.17) is 11.6 Å². The van der Waals surface area contributed by atoms with Gasteiger partial charge in [-0.1, -0.05) is 17.7 Å². The van der Waals surface area contributed by atoms with Crippen molar-refractivity contribution in [1.82, 2.24) is 9.55 Å². The fourth-order valence-electron chi connectivity index (χ4n) is 1.44. The molecule has 0 unspecified atom stereocenters. The number of rotatable bonds is 2. The summed E-state index contributed by atoms with van der Waals surface area (Å²) < 4.78 is 1.66. The first-order valence-corrected chi connectivity index (χ1v) is 5.50. The number of hydrogen-bond acceptors (Lipinski definition) is 2. The molecule has 1 heterocycles. The van der Waals surface area contributed by atoms with E-state index in [1.165, 1.54) is 0 Å². The van der Waals surface area contributed by atoms with Crippen LogP contribution in [-0.2, 0) is 7.05 Å². The molecule has 0 aliphatic carbocycles. The van der Waals surface area contributed by atoms with E-state index in [2.05, 4.69) is 10.3 Å². The molecule has 0 radical (unpaired) electrons. The van der Waals surface area contributed by atoms with Gasteiger partial charge in [-0.25, -0.2) is 4.98 Å². The Morgan fingerprint density at radius 2 is 2.24 bits per heavy atom. The van der Waals surface area contributed by atoms with Crippen molar-refractivity contribution in [3.63, 3.8) is 0 Å². The van der Waals surface area contributed by atoms with E-state index in [-0.39, 0.29) is 5.91 Å². The third-order valence-corrected chi connectivity index (χ3v) is 2.86. The lowest BCUT2D eigenvalue weighted by atomic mass is 10.2. The molecule has 1 aromatic carbocycles. The number of carbonyl (C=O) groups excluding carboxylic acids is 1. The summed E-state index contributed by atoms with van der Waals surface area (Å²) >= 11 is 5.98. The lowest BCUT2D eigenvalue weighted by molar-refractivity contribution is 0.101. The van der Waals surface area contributed by atoms with Crippen LogP contribution in [0.25, 0.3) is 0 Å². The minimum atomic E-state index is -0.252. The summed E-state index contributed by atoms with van der Waals surface area (Å²) in [7, 11) is 1.77. The zero-order valence-electron chi connectivity index (χ0n) is 9.57. The highest BCUT2D eigenvalue weighted by molar-refractivity contribution is 6.31. The van der Waals surface area contributed by atoms with Crippen LogP contribution in [0.5, 0.6) is 0 Å². The smallest absolute Gasteiger partial charge is 0.291 e. The third-order valence-electron chi connectivity index (χ3n) is 2.45. The van der Waals surface area contributed by atoms with Crippen LogP contribution < -0.4 is 5.32 Å². The number of hydrogen-bond donors (Lipinski definition) is 1. The molecule has 0 saturated carbocycles. The molecule has 0 bridgehead atoms. The Morgan fingerprint density at radius 1 is 1.47 bits per heavy atom. The second-order valence-electron chi connectivity index (χ2n) is 3.78. The SMILES string of the molecule is Cc1ccc(NC(=O)c2nccn2C)cc1Cl. The van der Waals surface area contributed by atoms with E-state index in [0.29, 0.717) is 16.5 Å². The lowest BCUT2D eigenvalue weighted by Gasteiger charge is -2.06. The van der Waals surface area contributed by atoms with Gasteiger partial charge >= 0.3 is 0 Å². The lowest BCUT2D eigenvalue weighted by Crippen LogP contribution is -2.16. The number of anilines is 1. The van der Waals surface area contributed by atoms with E-state index in [9.17, 15) is 4.79 Å². The molecular weight excluding hydrogens is 238 g/mol. The molecule has 1 aromatic heterocycles. The maximum atomic E-state index is 11.9. The number of benzene rings is 1. The fourth-order valence-corrected chi connectivity index (χ4v) is 1.62. The van der Waals surface area contributed by atoms with Crippen LogP contribution >= 0.6 is 11.6 Å². The van der Waals surface area contributed by atoms with Crippen molar-refractivity contribution in [2.45, 2.75) is 6.92 Å². The molecular formula is C12H12ClN3O. The third kappa shape index (κ3) is 2.47. The number of nitrogens with one attached hydrogen (secondary N) is 1. The van der Waals surface area contributed by atoms with Crippen LogP contribution in [0.3, 0.4) is 0 Å². The van der Waals surface area contributed by atoms with Gasteiger partial charge < -0.3 is 9.88 Å². The maximum absolute atomic E-state index is 11.9. The molecule has 1 amide bonds. The van der Waals surface area contributed by atoms with Gasteiger partial charge in [-0.05, 0) is 24.6 Å². The van der Waals surface area contributed by atoms with Crippen LogP contribution in [0.4, 0.5) is 5.69 Å². The van der Waals surface area contributed by atoms with E-state index in [1.54, 1.807) is 30.1 Å². The first kappa shape index (κ1) is 11.7. The van der Waals surface area contributed by atoms with E-state index < -0.39 is 0 Å². The summed E-state index contributed by atoms with van der Waals surface area (Å²) in [5.41, 5.74) is 1.63. The monoisotopic (exact) mass is 249 g/mol. The summed E-state index contributed by atoms with van der Waals surface area (Å²) in [6.07, 6.45) is 3.30. The van der Waals surface area contributed by atoms with Crippen molar-refractivity contribution in [2.24, 2.45) is 7.05 Å². The zero-order chi connectivity index (χ0) is 12.4. The number of carbonyl (C=O) groups is 1. The molecule has 0 spiro atoms. The molecule has 0 saturated heterocycles. The van der Waals surface area contributed by atoms with Gasteiger partial charge in [0.15, 0.2) is 5.82 Å². The average molecular weight is 250 g/mol. The highest BCUT2D eigenvalue weighted by Gasteiger charge is 2.11. The fraction of sp³-hybridized carbons (Fsp3) is 0.167. The summed E-state index contributed by atoms with van der Waals surface area (Å²) in [6.45, 7) is 1.91. The van der Waals surface area contributed by atoms with Gasteiger partial charge in [0.25, 0.3) is 5.91 Å². The van der Waals surface area contributed by atoms with Crippen LogP contribution in [0.2, 0.25) is 5.02 Å². The first-order chi connectivity index (χ1) is 8.08. The van der Waals surface area contributed by atoms with Crippen LogP contribution in [-0.4, -0.2) is 15.5 Å². The Morgan fingerprint density at radius 3 is 2.82 bits per heavy atom. The molecule has 1 N–H and O–H groups in total. The minimum Gasteiger partial charge on any atom is -0.330 e. The molecule has 0 fully saturated rings. The molecule has 5 heteroatoms. The zero-order valence-corrected chi connectivity index (χ0v) is 10.3. The van der Waals surface area contributed by atoms with Gasteiger partial charge in [0, 0.05) is 30.2 Å². The normalized spacial score (nSPS) is 10.3. The average Bonchev–Trinajstić information content (AvgIpc) is 2.70. The highest BCUT2D eigenvalue weighted by Crippen LogP contribution is 2.20. The van der Waals surface area contributed by atoms with Crippen molar-refractivity contribution in [1.29, 1.82) is 0 Å². The van der Waals surface area contributed by atoms with Crippen LogP contribution in [0, 0.1) is 6.92 Å². The molecule has 0 aliphatic heterocycles. The summed E-state index contributed by atoms with van der Waals surface area (Å²) in [4.78, 5) is 15.8. The van der Waals surface area contributed by atoms with E-state index in [0.717, 1.165) is 5.56 Å². The van der Waals surface area contributed by atoms with Crippen molar-refractivity contribution in [2.75, 3.05) is 5.32 Å². The van der Waals surface area contributed by atoms with Gasteiger partial charge in [0.1, 0.15) is 0 Å². The molecule has 0 aliphatic rings. The molecule has 2 aromatic rings. The number of nitrogens with zero attached hydrogens (tertiary/aromatic N) is 2. The standard InChI is InChI=1S/C12H12ClN3O/c1-8-3-4-9(7-10(8)13)15-12(17)11-14-5-6-16(11)2/h3-7H,1-2H3,(H,15,17). The van der Waals surface area contributed by atoms with Crippen molar-refractivity contribution < 1.29 is 4.79 Å². The van der Waals surface area contributed by atoms with Gasteiger partial charge in [0.05, 0.1) is 0 Å². The van der Waals surface area contributed by atoms with Gasteiger partial charge in [-0.3, -0.25) is 4.79 Å². The van der Waals surface area contributed by atoms with Crippen molar-refractivity contribution >= 4 is 23.2 Å². The minimum absolute atomic E-state index is 0.252. The van der Waals surface area contributed by atoms with Gasteiger partial charge in [-0.2, -0.15) is 0 Å². The van der Waals surface area contributed by atoms with Crippen molar-refractivity contribution in [3.8, 4) is 0 Å². The number of aromatic nitrogens is 2. The first-order valence-electron chi connectivity index (χ1n) is 5.13. The van der Waals surface area contributed by atoms with E-state index >= 15 is 0 Å². The second kappa shape index (κ2) is 4.59. The molecule has 88 valence electrons. The number of imidazole rings is 1. The van der Waals surface area contributed by atoms with Gasteiger partial charge in [0.2, 0.25) is 0 Å². The predicted molar refractivity (Wildman–Crippen MR) is 67.4 cm³/mol. The Hall–Kier alpha value is -1.81. The molecule has 17 heavy (non-hydrogen) atoms. The summed E-state index contributed by atoms with van der Waals surface area (Å²) in [6, 6.07) is 5.39. The quantitative estimate of drug-likeness (QED) is 0.889. The number of aryl methyl sites for hydroxylation is 2. The Kier molecular flexibility index (Phi) is 3.15. The Bertz CT molecular complexity index is 563. The topological polar surface area (TPSA) is 46.9 Å². The van der Waals surface area contributed by atoms with Crippen LogP contribution in [0.15, 0.2) is 30.6 Å². The molecule has 0 atom stereocenters. The maximum Gasteiger partial charge on any atom is 0.291 e. The van der Waals surface area contributed by atoms with Gasteiger partial charge in [-0.15, -0.1) is 0 Å². The second-order valence-corrected chi connectivity index (χ2v) is 4.19. The Labute approximate surface area is 104 Å². The highest BCUT2D eigenvalue weighted by atomic mass is 35.5. The predicted octanol–water partition coefficient (Wildman–Crippen LogP) is 2.63. The number of halogens is 1. The van der Waals surface area contributed by atoms with Crippen molar-refractivity contribution in [3.05, 3.63) is 47.0 Å². The summed E-state index contributed by atoms with van der Waals surface area (Å²) in [5.74, 6) is 0.110. The summed E-state index contributed by atoms with van der Waals surface area (Å²) in [5, 5.41) is 3.37. The van der Waals surface area contributed by atoms with Crippen LogP contribution in [0.1, 0.15) is 16.2 Å². The largest absolute Gasteiger partial charge is 0.330 e. The van der Waals surface area contributed by atoms with E-state index in [1.807, 2.05) is 19.1 Å². The molecule has 2 rings (SSSR count). The number of amides is 1. The Balaban J connectivity index is 2.19.